The number of carbonyl (C=O) groups is 2. The lowest BCUT2D eigenvalue weighted by Gasteiger charge is -2.26. The third-order valence-corrected chi connectivity index (χ3v) is 4.97. The van der Waals surface area contributed by atoms with Crippen LogP contribution in [0.25, 0.3) is 0 Å². The molecule has 7 nitrogen and oxygen atoms in total. The molecule has 148 valence electrons. The van der Waals surface area contributed by atoms with Crippen molar-refractivity contribution in [2.24, 2.45) is 4.99 Å². The summed E-state index contributed by atoms with van der Waals surface area (Å²) < 4.78 is 0. The average Bonchev–Trinajstić information content (AvgIpc) is 2.70. The molecule has 1 fully saturated rings. The molecular weight excluding hydrogens is 362 g/mol. The number of guanidine groups is 1. The topological polar surface area (TPSA) is 85.8 Å². The lowest BCUT2D eigenvalue weighted by atomic mass is 10.1. The molecule has 1 aliphatic heterocycles. The van der Waals surface area contributed by atoms with E-state index >= 15 is 0 Å². The van der Waals surface area contributed by atoms with Gasteiger partial charge in [-0.1, -0.05) is 12.1 Å². The predicted molar refractivity (Wildman–Crippen MR) is 111 cm³/mol. The zero-order valence-corrected chi connectivity index (χ0v) is 16.9. The first kappa shape index (κ1) is 21.1. The van der Waals surface area contributed by atoms with Crippen LogP contribution in [0.1, 0.15) is 28.8 Å². The van der Waals surface area contributed by atoms with Crippen LogP contribution in [0, 0.1) is 0 Å². The summed E-state index contributed by atoms with van der Waals surface area (Å²) in [5.74, 6) is 1.74. The van der Waals surface area contributed by atoms with Crippen molar-refractivity contribution in [1.29, 1.82) is 0 Å². The number of unbranched alkanes of at least 4 members (excludes halogenated alkanes) is 1. The zero-order valence-electron chi connectivity index (χ0n) is 16.1. The smallest absolute Gasteiger partial charge is 0.254 e. The van der Waals surface area contributed by atoms with Gasteiger partial charge >= 0.3 is 0 Å². The van der Waals surface area contributed by atoms with E-state index in [-0.39, 0.29) is 18.4 Å². The summed E-state index contributed by atoms with van der Waals surface area (Å²) in [6.07, 6.45) is 4.43. The van der Waals surface area contributed by atoms with Crippen LogP contribution in [0.15, 0.2) is 29.3 Å². The normalized spacial score (nSPS) is 14.7. The van der Waals surface area contributed by atoms with Crippen molar-refractivity contribution in [2.45, 2.75) is 19.4 Å². The quantitative estimate of drug-likeness (QED) is 0.351. The highest BCUT2D eigenvalue weighted by atomic mass is 32.2. The second kappa shape index (κ2) is 11.5. The van der Waals surface area contributed by atoms with Crippen LogP contribution in [0.3, 0.4) is 0 Å². The third kappa shape index (κ3) is 7.13. The summed E-state index contributed by atoms with van der Waals surface area (Å²) in [5, 5.41) is 9.31. The number of hydrogen-bond acceptors (Lipinski definition) is 4. The summed E-state index contributed by atoms with van der Waals surface area (Å²) in [5.41, 5.74) is 1.66. The Kier molecular flexibility index (Phi) is 8.97. The molecule has 0 radical (unpaired) electrons. The largest absolute Gasteiger partial charge is 0.356 e. The maximum Gasteiger partial charge on any atom is 0.254 e. The van der Waals surface area contributed by atoms with Gasteiger partial charge in [0, 0.05) is 38.8 Å². The van der Waals surface area contributed by atoms with Gasteiger partial charge in [0.1, 0.15) is 0 Å². The molecule has 0 aliphatic carbocycles. The van der Waals surface area contributed by atoms with Gasteiger partial charge in [-0.3, -0.25) is 14.6 Å². The highest BCUT2D eigenvalue weighted by Crippen LogP contribution is 2.09. The number of thioether (sulfide) groups is 1. The Morgan fingerprint density at radius 3 is 2.70 bits per heavy atom. The van der Waals surface area contributed by atoms with E-state index < -0.39 is 0 Å². The Balaban J connectivity index is 1.79. The first-order chi connectivity index (χ1) is 13.1. The summed E-state index contributed by atoms with van der Waals surface area (Å²) in [7, 11) is 1.76. The van der Waals surface area contributed by atoms with E-state index in [1.807, 2.05) is 36.0 Å². The van der Waals surface area contributed by atoms with Gasteiger partial charge in [-0.15, -0.1) is 0 Å². The fourth-order valence-corrected chi connectivity index (χ4v) is 3.24. The van der Waals surface area contributed by atoms with Crippen molar-refractivity contribution in [3.63, 3.8) is 0 Å². The van der Waals surface area contributed by atoms with E-state index in [0.717, 1.165) is 24.5 Å². The molecule has 0 aromatic heterocycles. The molecule has 0 spiro atoms. The molecule has 8 heteroatoms. The number of piperazine rings is 1. The first-order valence-corrected chi connectivity index (χ1v) is 10.6. The maximum absolute atomic E-state index is 12.5. The van der Waals surface area contributed by atoms with Crippen LogP contribution in [0.2, 0.25) is 0 Å². The van der Waals surface area contributed by atoms with Gasteiger partial charge in [0.2, 0.25) is 5.91 Å². The number of aliphatic imine (C=N–C) groups is 1. The number of benzene rings is 1. The standard InChI is InChI=1S/C19H29N5O2S/c1-20-19(22-9-3-4-12-27-2)23-13-15-5-7-16(8-6-15)18(26)24-11-10-21-17(25)14-24/h5-8H,3-4,9-14H2,1-2H3,(H,21,25)(H2,20,22,23). The highest BCUT2D eigenvalue weighted by Gasteiger charge is 2.21. The summed E-state index contributed by atoms with van der Waals surface area (Å²) >= 11 is 1.87. The van der Waals surface area contributed by atoms with Gasteiger partial charge in [-0.2, -0.15) is 11.8 Å². The lowest BCUT2D eigenvalue weighted by molar-refractivity contribution is -0.123. The van der Waals surface area contributed by atoms with Crippen molar-refractivity contribution in [3.8, 4) is 0 Å². The molecule has 0 bridgehead atoms. The second-order valence-electron chi connectivity index (χ2n) is 6.33. The minimum absolute atomic E-state index is 0.105. The van der Waals surface area contributed by atoms with Crippen molar-refractivity contribution >= 4 is 29.5 Å². The minimum Gasteiger partial charge on any atom is -0.356 e. The van der Waals surface area contributed by atoms with Crippen LogP contribution in [-0.4, -0.2) is 67.9 Å². The summed E-state index contributed by atoms with van der Waals surface area (Å²) in [4.78, 5) is 29.7. The predicted octanol–water partition coefficient (Wildman–Crippen LogP) is 1.07. The molecule has 1 saturated heterocycles. The molecule has 0 saturated carbocycles. The van der Waals surface area contributed by atoms with Crippen LogP contribution >= 0.6 is 11.8 Å². The molecule has 1 heterocycles. The fraction of sp³-hybridized carbons (Fsp3) is 0.526. The second-order valence-corrected chi connectivity index (χ2v) is 7.31. The van der Waals surface area contributed by atoms with Crippen LogP contribution in [-0.2, 0) is 11.3 Å². The van der Waals surface area contributed by atoms with E-state index in [4.69, 9.17) is 0 Å². The van der Waals surface area contributed by atoms with E-state index in [0.29, 0.717) is 25.2 Å². The molecule has 2 rings (SSSR count). The molecule has 3 N–H and O–H groups in total. The lowest BCUT2D eigenvalue weighted by Crippen LogP contribution is -2.49. The fourth-order valence-electron chi connectivity index (χ4n) is 2.74. The number of rotatable bonds is 8. The molecule has 1 aliphatic rings. The Morgan fingerprint density at radius 1 is 1.26 bits per heavy atom. The van der Waals surface area contributed by atoms with Crippen molar-refractivity contribution in [1.82, 2.24) is 20.9 Å². The van der Waals surface area contributed by atoms with Gasteiger partial charge in [0.05, 0.1) is 6.54 Å². The van der Waals surface area contributed by atoms with Gasteiger partial charge < -0.3 is 20.9 Å². The van der Waals surface area contributed by atoms with Crippen molar-refractivity contribution < 1.29 is 9.59 Å². The Labute approximate surface area is 165 Å². The molecular formula is C19H29N5O2S. The Bertz CT molecular complexity index is 648. The van der Waals surface area contributed by atoms with Crippen molar-refractivity contribution in [3.05, 3.63) is 35.4 Å². The third-order valence-electron chi connectivity index (χ3n) is 4.28. The molecule has 1 aromatic carbocycles. The van der Waals surface area contributed by atoms with E-state index in [9.17, 15) is 9.59 Å². The molecule has 1 aromatic rings. The molecule has 27 heavy (non-hydrogen) atoms. The Hall–Kier alpha value is -2.22. The maximum atomic E-state index is 12.5. The van der Waals surface area contributed by atoms with Gasteiger partial charge in [0.15, 0.2) is 5.96 Å². The van der Waals surface area contributed by atoms with Crippen molar-refractivity contribution in [2.75, 3.05) is 45.2 Å². The van der Waals surface area contributed by atoms with Gasteiger partial charge in [-0.25, -0.2) is 0 Å². The van der Waals surface area contributed by atoms with Gasteiger partial charge in [-0.05, 0) is 42.5 Å². The number of hydrogen-bond donors (Lipinski definition) is 3. The van der Waals surface area contributed by atoms with Crippen LogP contribution < -0.4 is 16.0 Å². The monoisotopic (exact) mass is 391 g/mol. The number of amides is 2. The SMILES string of the molecule is CN=C(NCCCCSC)NCc1ccc(C(=O)N2CCNC(=O)C2)cc1. The molecule has 0 unspecified atom stereocenters. The van der Waals surface area contributed by atoms with E-state index in [1.54, 1.807) is 11.9 Å². The summed E-state index contributed by atoms with van der Waals surface area (Å²) in [6.45, 7) is 2.71. The molecule has 0 atom stereocenters. The number of nitrogens with one attached hydrogen (secondary N) is 3. The number of carbonyl (C=O) groups excluding carboxylic acids is 2. The van der Waals surface area contributed by atoms with E-state index in [2.05, 4.69) is 27.2 Å². The first-order valence-electron chi connectivity index (χ1n) is 9.22. The Morgan fingerprint density at radius 2 is 2.04 bits per heavy atom. The van der Waals surface area contributed by atoms with Crippen LogP contribution in [0.5, 0.6) is 0 Å². The minimum atomic E-state index is -0.109. The van der Waals surface area contributed by atoms with Gasteiger partial charge in [0.25, 0.3) is 5.91 Å². The zero-order chi connectivity index (χ0) is 19.5. The van der Waals surface area contributed by atoms with E-state index in [1.165, 1.54) is 12.2 Å². The number of nitrogens with zero attached hydrogens (tertiary/aromatic N) is 2. The summed E-state index contributed by atoms with van der Waals surface area (Å²) in [6, 6.07) is 7.47. The van der Waals surface area contributed by atoms with Crippen LogP contribution in [0.4, 0.5) is 0 Å². The average molecular weight is 392 g/mol. The molecule has 2 amide bonds. The highest BCUT2D eigenvalue weighted by molar-refractivity contribution is 7.98.